The summed E-state index contributed by atoms with van der Waals surface area (Å²) in [7, 11) is -1.63. The zero-order valence-corrected chi connectivity index (χ0v) is 8.38. The number of hydrogen-bond donors (Lipinski definition) is 2. The normalized spacial score (nSPS) is 10.9. The van der Waals surface area contributed by atoms with Crippen LogP contribution in [0, 0.1) is 0 Å². The average Bonchev–Trinajstić information content (AvgIpc) is 2.48. The first-order valence-corrected chi connectivity index (χ1v) is 4.58. The van der Waals surface area contributed by atoms with E-state index in [-0.39, 0.29) is 5.66 Å². The number of rotatable bonds is 1. The smallest absolute Gasteiger partial charge is 0.465 e. The zero-order valence-electron chi connectivity index (χ0n) is 6.87. The van der Waals surface area contributed by atoms with E-state index in [9.17, 15) is 0 Å². The van der Waals surface area contributed by atoms with Gasteiger partial charge in [-0.1, -0.05) is 23.2 Å². The Balaban J connectivity index is 2.66. The van der Waals surface area contributed by atoms with Crippen molar-refractivity contribution in [2.75, 3.05) is 0 Å². The summed E-state index contributed by atoms with van der Waals surface area (Å²) >= 11 is 11.5. The van der Waals surface area contributed by atoms with E-state index in [0.717, 1.165) is 0 Å². The van der Waals surface area contributed by atoms with Gasteiger partial charge in [0.2, 0.25) is 0 Å². The molecule has 72 valence electrons. The van der Waals surface area contributed by atoms with Crippen LogP contribution < -0.4 is 5.66 Å². The topological polar surface area (TPSA) is 53.6 Å². The molecule has 0 amide bonds. The van der Waals surface area contributed by atoms with Gasteiger partial charge in [-0.05, 0) is 12.1 Å². The first-order valence-electron chi connectivity index (χ1n) is 3.82. The van der Waals surface area contributed by atoms with Crippen molar-refractivity contribution in [3.05, 3.63) is 28.2 Å². The second-order valence-corrected chi connectivity index (χ2v) is 3.64. The fourth-order valence-corrected chi connectivity index (χ4v) is 1.51. The fourth-order valence-electron chi connectivity index (χ4n) is 1.18. The predicted molar refractivity (Wildman–Crippen MR) is 56.1 cm³/mol. The van der Waals surface area contributed by atoms with Gasteiger partial charge >= 0.3 is 7.12 Å². The molecule has 14 heavy (non-hydrogen) atoms. The van der Waals surface area contributed by atoms with Gasteiger partial charge in [-0.15, -0.1) is 0 Å². The lowest BCUT2D eigenvalue weighted by Crippen LogP contribution is -2.27. The van der Waals surface area contributed by atoms with Crippen molar-refractivity contribution >= 4 is 46.9 Å². The van der Waals surface area contributed by atoms with Crippen molar-refractivity contribution in [3.63, 3.8) is 0 Å². The molecule has 0 saturated heterocycles. The third kappa shape index (κ3) is 1.62. The van der Waals surface area contributed by atoms with Crippen molar-refractivity contribution in [2.24, 2.45) is 0 Å². The zero-order chi connectivity index (χ0) is 10.3. The highest BCUT2D eigenvalue weighted by Gasteiger charge is 2.17. The highest BCUT2D eigenvalue weighted by molar-refractivity contribution is 6.57. The molecule has 0 radical (unpaired) electrons. The SMILES string of the molecule is OB(O)c1cc2cc(Cl)c(Cl)cc2o1. The molecule has 2 N–H and O–H groups in total. The van der Waals surface area contributed by atoms with E-state index in [1.165, 1.54) is 12.1 Å². The highest BCUT2D eigenvalue weighted by atomic mass is 35.5. The van der Waals surface area contributed by atoms with Crippen molar-refractivity contribution in [3.8, 4) is 0 Å². The second kappa shape index (κ2) is 3.48. The molecule has 0 aliphatic heterocycles. The van der Waals surface area contributed by atoms with Crippen LogP contribution >= 0.6 is 23.2 Å². The Hall–Kier alpha value is -0.675. The number of fused-ring (bicyclic) bond motifs is 1. The van der Waals surface area contributed by atoms with Crippen LogP contribution in [-0.4, -0.2) is 17.2 Å². The van der Waals surface area contributed by atoms with Gasteiger partial charge in [0.15, 0.2) is 0 Å². The maximum Gasteiger partial charge on any atom is 0.526 e. The van der Waals surface area contributed by atoms with Crippen LogP contribution in [0.2, 0.25) is 10.0 Å². The molecule has 0 bridgehead atoms. The summed E-state index contributed by atoms with van der Waals surface area (Å²) in [6, 6.07) is 4.64. The van der Waals surface area contributed by atoms with E-state index in [4.69, 9.17) is 37.7 Å². The van der Waals surface area contributed by atoms with Crippen LogP contribution in [0.15, 0.2) is 22.6 Å². The Morgan fingerprint density at radius 2 is 1.71 bits per heavy atom. The van der Waals surface area contributed by atoms with Crippen LogP contribution in [0.3, 0.4) is 0 Å². The quantitative estimate of drug-likeness (QED) is 0.729. The lowest BCUT2D eigenvalue weighted by Gasteiger charge is -1.93. The van der Waals surface area contributed by atoms with Gasteiger partial charge in [0, 0.05) is 11.5 Å². The number of furan rings is 1. The molecule has 0 aliphatic rings. The minimum absolute atomic E-state index is 0.0679. The van der Waals surface area contributed by atoms with Crippen LogP contribution in [0.1, 0.15) is 0 Å². The standard InChI is InChI=1S/C8H5BCl2O3/c10-5-1-4-2-8(9(12)13)14-7(4)3-6(5)11/h1-3,12-13H. The van der Waals surface area contributed by atoms with Crippen LogP contribution in [-0.2, 0) is 0 Å². The lowest BCUT2D eigenvalue weighted by atomic mass is 9.88. The van der Waals surface area contributed by atoms with Gasteiger partial charge in [-0.3, -0.25) is 0 Å². The maximum absolute atomic E-state index is 8.86. The lowest BCUT2D eigenvalue weighted by molar-refractivity contribution is 0.412. The molecule has 1 heterocycles. The summed E-state index contributed by atoms with van der Waals surface area (Å²) in [6.45, 7) is 0. The molecule has 0 atom stereocenters. The largest absolute Gasteiger partial charge is 0.526 e. The Kier molecular flexibility index (Phi) is 2.45. The van der Waals surface area contributed by atoms with Gasteiger partial charge in [-0.2, -0.15) is 0 Å². The average molecular weight is 231 g/mol. The van der Waals surface area contributed by atoms with E-state index >= 15 is 0 Å². The van der Waals surface area contributed by atoms with Gasteiger partial charge in [-0.25, -0.2) is 0 Å². The molecule has 3 nitrogen and oxygen atoms in total. The summed E-state index contributed by atoms with van der Waals surface area (Å²) in [5.74, 6) is 0. The van der Waals surface area contributed by atoms with E-state index in [2.05, 4.69) is 0 Å². The minimum atomic E-state index is -1.63. The molecule has 0 spiro atoms. The fraction of sp³-hybridized carbons (Fsp3) is 0. The van der Waals surface area contributed by atoms with Crippen molar-refractivity contribution in [1.82, 2.24) is 0 Å². The Morgan fingerprint density at radius 1 is 1.07 bits per heavy atom. The molecule has 2 rings (SSSR count). The molecular formula is C8H5BCl2O3. The van der Waals surface area contributed by atoms with Crippen molar-refractivity contribution in [1.29, 1.82) is 0 Å². The molecule has 1 aromatic heterocycles. The summed E-state index contributed by atoms with van der Waals surface area (Å²) < 4.78 is 5.12. The first-order chi connectivity index (χ1) is 6.58. The molecule has 2 aromatic rings. The Morgan fingerprint density at radius 3 is 2.36 bits per heavy atom. The molecular weight excluding hydrogens is 226 g/mol. The van der Waals surface area contributed by atoms with E-state index in [1.54, 1.807) is 6.07 Å². The summed E-state index contributed by atoms with van der Waals surface area (Å²) in [6.07, 6.45) is 0. The monoisotopic (exact) mass is 230 g/mol. The third-order valence-corrected chi connectivity index (χ3v) is 2.55. The van der Waals surface area contributed by atoms with Crippen molar-refractivity contribution in [2.45, 2.75) is 0 Å². The Bertz CT molecular complexity index is 442. The van der Waals surface area contributed by atoms with Crippen LogP contribution in [0.4, 0.5) is 0 Å². The van der Waals surface area contributed by atoms with Crippen LogP contribution in [0.25, 0.3) is 11.0 Å². The van der Waals surface area contributed by atoms with Gasteiger partial charge < -0.3 is 14.5 Å². The first kappa shape index (κ1) is 9.86. The summed E-state index contributed by atoms with van der Waals surface area (Å²) in [4.78, 5) is 0. The van der Waals surface area contributed by atoms with Crippen LogP contribution in [0.5, 0.6) is 0 Å². The predicted octanol–water partition coefficient (Wildman–Crippen LogP) is 1.42. The Labute approximate surface area is 90.0 Å². The van der Waals surface area contributed by atoms with Gasteiger partial charge in [0.05, 0.1) is 10.0 Å². The molecule has 0 fully saturated rings. The number of halogens is 2. The molecule has 0 saturated carbocycles. The molecule has 1 aromatic carbocycles. The summed E-state index contributed by atoms with van der Waals surface area (Å²) in [5.41, 5.74) is 0.542. The number of benzene rings is 1. The molecule has 0 unspecified atom stereocenters. The van der Waals surface area contributed by atoms with E-state index in [0.29, 0.717) is 21.0 Å². The minimum Gasteiger partial charge on any atom is -0.465 e. The highest BCUT2D eigenvalue weighted by Crippen LogP contribution is 2.27. The van der Waals surface area contributed by atoms with E-state index in [1.807, 2.05) is 0 Å². The second-order valence-electron chi connectivity index (χ2n) is 2.83. The maximum atomic E-state index is 8.86. The summed E-state index contributed by atoms with van der Waals surface area (Å²) in [5, 5.41) is 19.2. The van der Waals surface area contributed by atoms with E-state index < -0.39 is 7.12 Å². The third-order valence-electron chi connectivity index (χ3n) is 1.83. The molecule has 6 heteroatoms. The number of hydrogen-bond acceptors (Lipinski definition) is 3. The van der Waals surface area contributed by atoms with Gasteiger partial charge in [0.25, 0.3) is 0 Å². The van der Waals surface area contributed by atoms with Gasteiger partial charge in [0.1, 0.15) is 11.2 Å². The van der Waals surface area contributed by atoms with Crippen molar-refractivity contribution < 1.29 is 14.5 Å². The molecule has 0 aliphatic carbocycles.